The summed E-state index contributed by atoms with van der Waals surface area (Å²) in [6, 6.07) is 3.62. The van der Waals surface area contributed by atoms with Gasteiger partial charge in [-0.05, 0) is 24.6 Å². The van der Waals surface area contributed by atoms with Gasteiger partial charge in [0, 0.05) is 32.9 Å². The molecule has 7 heteroatoms. The SMILES string of the molecule is COCCCN(C)S(=O)(=O)c1ccc(C#CCO)cc1F. The zero-order valence-electron chi connectivity index (χ0n) is 12.0. The molecule has 116 valence electrons. The fourth-order valence-electron chi connectivity index (χ4n) is 1.65. The van der Waals surface area contributed by atoms with Gasteiger partial charge in [0.05, 0.1) is 0 Å². The van der Waals surface area contributed by atoms with Crippen LogP contribution < -0.4 is 0 Å². The number of benzene rings is 1. The molecule has 5 nitrogen and oxygen atoms in total. The van der Waals surface area contributed by atoms with Crippen LogP contribution in [-0.2, 0) is 14.8 Å². The van der Waals surface area contributed by atoms with Gasteiger partial charge in [0.1, 0.15) is 17.3 Å². The maximum Gasteiger partial charge on any atom is 0.245 e. The van der Waals surface area contributed by atoms with E-state index >= 15 is 0 Å². The van der Waals surface area contributed by atoms with E-state index in [4.69, 9.17) is 9.84 Å². The number of hydrogen-bond acceptors (Lipinski definition) is 4. The lowest BCUT2D eigenvalue weighted by Gasteiger charge is -2.17. The van der Waals surface area contributed by atoms with Crippen molar-refractivity contribution in [3.8, 4) is 11.8 Å². The quantitative estimate of drug-likeness (QED) is 0.624. The number of methoxy groups -OCH3 is 1. The third kappa shape index (κ3) is 4.79. The van der Waals surface area contributed by atoms with E-state index < -0.39 is 20.7 Å². The molecule has 0 heterocycles. The molecule has 21 heavy (non-hydrogen) atoms. The van der Waals surface area contributed by atoms with E-state index in [1.165, 1.54) is 26.3 Å². The van der Waals surface area contributed by atoms with Gasteiger partial charge >= 0.3 is 0 Å². The number of sulfonamides is 1. The minimum absolute atomic E-state index is 0.238. The Bertz CT molecular complexity index is 634. The molecule has 0 fully saturated rings. The summed E-state index contributed by atoms with van der Waals surface area (Å²) in [4.78, 5) is -0.392. The molecule has 0 bridgehead atoms. The molecule has 0 atom stereocenters. The molecular weight excluding hydrogens is 297 g/mol. The maximum atomic E-state index is 14.0. The smallest absolute Gasteiger partial charge is 0.245 e. The van der Waals surface area contributed by atoms with Crippen LogP contribution in [0.4, 0.5) is 4.39 Å². The number of hydrogen-bond donors (Lipinski definition) is 1. The fourth-order valence-corrected chi connectivity index (χ4v) is 2.90. The predicted molar refractivity (Wildman–Crippen MR) is 76.7 cm³/mol. The van der Waals surface area contributed by atoms with Crippen LogP contribution in [0.2, 0.25) is 0 Å². The van der Waals surface area contributed by atoms with Gasteiger partial charge in [-0.2, -0.15) is 0 Å². The van der Waals surface area contributed by atoms with Crippen LogP contribution in [0.3, 0.4) is 0 Å². The molecule has 0 aromatic heterocycles. The van der Waals surface area contributed by atoms with Crippen LogP contribution >= 0.6 is 0 Å². The van der Waals surface area contributed by atoms with Crippen LogP contribution in [0.5, 0.6) is 0 Å². The van der Waals surface area contributed by atoms with Gasteiger partial charge in [-0.3, -0.25) is 0 Å². The summed E-state index contributed by atoms with van der Waals surface area (Å²) < 4.78 is 44.4. The number of aliphatic hydroxyl groups is 1. The summed E-state index contributed by atoms with van der Waals surface area (Å²) in [7, 11) is -0.961. The molecule has 0 radical (unpaired) electrons. The lowest BCUT2D eigenvalue weighted by atomic mass is 10.2. The second-order valence-corrected chi connectivity index (χ2v) is 6.29. The normalized spacial score (nSPS) is 11.3. The molecule has 1 N–H and O–H groups in total. The van der Waals surface area contributed by atoms with E-state index in [2.05, 4.69) is 11.8 Å². The van der Waals surface area contributed by atoms with Gasteiger partial charge < -0.3 is 9.84 Å². The molecule has 1 aromatic carbocycles. The third-order valence-electron chi connectivity index (χ3n) is 2.75. The van der Waals surface area contributed by atoms with E-state index in [1.807, 2.05) is 0 Å². The van der Waals surface area contributed by atoms with Crippen molar-refractivity contribution in [1.82, 2.24) is 4.31 Å². The first-order chi connectivity index (χ1) is 9.93. The molecule has 0 saturated heterocycles. The Morgan fingerprint density at radius 1 is 1.43 bits per heavy atom. The van der Waals surface area contributed by atoms with Crippen molar-refractivity contribution in [3.63, 3.8) is 0 Å². The average Bonchev–Trinajstić information content (AvgIpc) is 2.45. The zero-order chi connectivity index (χ0) is 15.9. The molecule has 0 aliphatic rings. The molecule has 0 amide bonds. The molecule has 0 saturated carbocycles. The van der Waals surface area contributed by atoms with Gasteiger partial charge in [0.15, 0.2) is 0 Å². The Labute approximate surface area is 124 Å². The average molecular weight is 315 g/mol. The first kappa shape index (κ1) is 17.6. The largest absolute Gasteiger partial charge is 0.385 e. The van der Waals surface area contributed by atoms with E-state index in [-0.39, 0.29) is 13.2 Å². The van der Waals surface area contributed by atoms with Crippen molar-refractivity contribution in [2.45, 2.75) is 11.3 Å². The van der Waals surface area contributed by atoms with Crippen LogP contribution in [-0.4, -0.2) is 51.7 Å². The number of rotatable bonds is 6. The van der Waals surface area contributed by atoms with Crippen molar-refractivity contribution in [1.29, 1.82) is 0 Å². The third-order valence-corrected chi connectivity index (χ3v) is 4.64. The summed E-state index contributed by atoms with van der Waals surface area (Å²) in [5, 5.41) is 8.58. The Morgan fingerprint density at radius 2 is 2.14 bits per heavy atom. The van der Waals surface area contributed by atoms with Gasteiger partial charge in [-0.25, -0.2) is 17.1 Å². The van der Waals surface area contributed by atoms with Crippen molar-refractivity contribution >= 4 is 10.0 Å². The van der Waals surface area contributed by atoms with Crippen molar-refractivity contribution in [2.75, 3.05) is 33.9 Å². The molecule has 1 aromatic rings. The Balaban J connectivity index is 2.98. The van der Waals surface area contributed by atoms with Gasteiger partial charge in [0.2, 0.25) is 10.0 Å². The standard InChI is InChI=1S/C14H18FNO4S/c1-16(8-4-10-20-2)21(18,19)14-7-6-12(5-3-9-17)11-13(14)15/h6-7,11,17H,4,8-10H2,1-2H3. The number of ether oxygens (including phenoxy) is 1. The van der Waals surface area contributed by atoms with Crippen LogP contribution in [0.15, 0.2) is 23.1 Å². The number of nitrogens with zero attached hydrogens (tertiary/aromatic N) is 1. The molecule has 0 aliphatic heterocycles. The predicted octanol–water partition coefficient (Wildman–Crippen LogP) is 0.827. The van der Waals surface area contributed by atoms with Crippen molar-refractivity contribution in [3.05, 3.63) is 29.6 Å². The van der Waals surface area contributed by atoms with Crippen LogP contribution in [0.1, 0.15) is 12.0 Å². The minimum atomic E-state index is -3.88. The highest BCUT2D eigenvalue weighted by Gasteiger charge is 2.24. The lowest BCUT2D eigenvalue weighted by Crippen LogP contribution is -2.29. The molecule has 0 aliphatic carbocycles. The second-order valence-electron chi connectivity index (χ2n) is 4.28. The summed E-state index contributed by atoms with van der Waals surface area (Å²) >= 11 is 0. The van der Waals surface area contributed by atoms with Gasteiger partial charge in [0.25, 0.3) is 0 Å². The summed E-state index contributed by atoms with van der Waals surface area (Å²) in [5.74, 6) is 4.03. The monoisotopic (exact) mass is 315 g/mol. The summed E-state index contributed by atoms with van der Waals surface area (Å²) in [6.07, 6.45) is 0.522. The van der Waals surface area contributed by atoms with Gasteiger partial charge in [-0.1, -0.05) is 11.8 Å². The fraction of sp³-hybridized carbons (Fsp3) is 0.429. The van der Waals surface area contributed by atoms with E-state index in [0.717, 1.165) is 10.4 Å². The van der Waals surface area contributed by atoms with E-state index in [9.17, 15) is 12.8 Å². The highest BCUT2D eigenvalue weighted by Crippen LogP contribution is 2.19. The minimum Gasteiger partial charge on any atom is -0.385 e. The van der Waals surface area contributed by atoms with E-state index in [1.54, 1.807) is 0 Å². The first-order valence-corrected chi connectivity index (χ1v) is 7.72. The lowest BCUT2D eigenvalue weighted by molar-refractivity contribution is 0.189. The Morgan fingerprint density at radius 3 is 2.71 bits per heavy atom. The molecule has 0 unspecified atom stereocenters. The zero-order valence-corrected chi connectivity index (χ0v) is 12.8. The highest BCUT2D eigenvalue weighted by atomic mass is 32.2. The number of halogens is 1. The topological polar surface area (TPSA) is 66.8 Å². The van der Waals surface area contributed by atoms with Gasteiger partial charge in [-0.15, -0.1) is 0 Å². The molecule has 1 rings (SSSR count). The van der Waals surface area contributed by atoms with Crippen LogP contribution in [0.25, 0.3) is 0 Å². The molecule has 0 spiro atoms. The Kier molecular flexibility index (Phi) is 6.78. The van der Waals surface area contributed by atoms with E-state index in [0.29, 0.717) is 18.6 Å². The Hall–Kier alpha value is -1.46. The maximum absolute atomic E-state index is 14.0. The van der Waals surface area contributed by atoms with Crippen molar-refractivity contribution < 1.29 is 22.7 Å². The van der Waals surface area contributed by atoms with Crippen molar-refractivity contribution in [2.24, 2.45) is 0 Å². The number of aliphatic hydroxyl groups excluding tert-OH is 1. The summed E-state index contributed by atoms with van der Waals surface area (Å²) in [5.41, 5.74) is 0.308. The summed E-state index contributed by atoms with van der Waals surface area (Å²) in [6.45, 7) is 0.323. The first-order valence-electron chi connectivity index (χ1n) is 6.28. The second kappa shape index (κ2) is 8.10. The molecular formula is C14H18FNO4S. The highest BCUT2D eigenvalue weighted by molar-refractivity contribution is 7.89. The van der Waals surface area contributed by atoms with Crippen LogP contribution in [0, 0.1) is 17.7 Å².